The van der Waals surface area contributed by atoms with Crippen LogP contribution in [-0.4, -0.2) is 35.7 Å². The van der Waals surface area contributed by atoms with Crippen molar-refractivity contribution in [3.05, 3.63) is 77.4 Å². The first-order chi connectivity index (χ1) is 14.4. The van der Waals surface area contributed by atoms with Crippen LogP contribution in [0.15, 0.2) is 49.1 Å². The molecule has 2 aliphatic rings. The van der Waals surface area contributed by atoms with Crippen LogP contribution in [0.5, 0.6) is 0 Å². The summed E-state index contributed by atoms with van der Waals surface area (Å²) in [5.74, 6) is -1.22. The van der Waals surface area contributed by atoms with Crippen LogP contribution in [0.3, 0.4) is 0 Å². The van der Waals surface area contributed by atoms with Crippen molar-refractivity contribution in [2.24, 2.45) is 0 Å². The molecule has 1 N–H and O–H groups in total. The number of anilines is 1. The fourth-order valence-electron chi connectivity index (χ4n) is 3.98. The third-order valence-corrected chi connectivity index (χ3v) is 6.79. The molecule has 8 heteroatoms. The lowest BCUT2D eigenvalue weighted by molar-refractivity contribution is -0.123. The molecule has 0 aliphatic carbocycles. The third-order valence-electron chi connectivity index (χ3n) is 5.37. The quantitative estimate of drug-likeness (QED) is 0.750. The highest BCUT2D eigenvalue weighted by molar-refractivity contribution is 8.01. The minimum Gasteiger partial charge on any atom is -0.334 e. The molecule has 2 heterocycles. The maximum absolute atomic E-state index is 14.3. The van der Waals surface area contributed by atoms with Crippen molar-refractivity contribution in [2.75, 3.05) is 23.7 Å². The first kappa shape index (κ1) is 20.4. The highest BCUT2D eigenvalue weighted by Gasteiger charge is 2.59. The Morgan fingerprint density at radius 3 is 2.73 bits per heavy atom. The number of nitrogens with one attached hydrogen (secondary N) is 1. The fraction of sp³-hybridized carbons (Fsp3) is 0.273. The molecule has 4 rings (SSSR count). The monoisotopic (exact) mass is 429 g/mol. The Bertz CT molecular complexity index is 1020. The Labute approximate surface area is 177 Å². The van der Waals surface area contributed by atoms with Crippen LogP contribution in [0.1, 0.15) is 16.7 Å². The molecule has 0 radical (unpaired) electrons. The molecule has 1 spiro atoms. The van der Waals surface area contributed by atoms with Crippen LogP contribution in [0.2, 0.25) is 0 Å². The van der Waals surface area contributed by atoms with Gasteiger partial charge in [-0.25, -0.2) is 13.6 Å². The number of benzene rings is 2. The molecule has 2 aliphatic heterocycles. The summed E-state index contributed by atoms with van der Waals surface area (Å²) in [5, 5.41) is 2.74. The zero-order chi connectivity index (χ0) is 21.5. The second kappa shape index (κ2) is 7.75. The lowest BCUT2D eigenvalue weighted by atomic mass is 10.0. The fourth-order valence-corrected chi connectivity index (χ4v) is 5.43. The van der Waals surface area contributed by atoms with Crippen LogP contribution in [-0.2, 0) is 16.2 Å². The van der Waals surface area contributed by atoms with E-state index in [1.807, 2.05) is 19.1 Å². The van der Waals surface area contributed by atoms with E-state index in [1.54, 1.807) is 12.1 Å². The third kappa shape index (κ3) is 3.06. The largest absolute Gasteiger partial charge is 0.334 e. The van der Waals surface area contributed by atoms with Crippen molar-refractivity contribution >= 4 is 29.4 Å². The van der Waals surface area contributed by atoms with Gasteiger partial charge in [-0.15, -0.1) is 18.3 Å². The maximum Gasteiger partial charge on any atom is 0.319 e. The van der Waals surface area contributed by atoms with Crippen molar-refractivity contribution in [3.8, 4) is 0 Å². The molecule has 5 nitrogen and oxygen atoms in total. The van der Waals surface area contributed by atoms with Gasteiger partial charge in [0.2, 0.25) is 0 Å². The van der Waals surface area contributed by atoms with Gasteiger partial charge in [0, 0.05) is 30.0 Å². The highest BCUT2D eigenvalue weighted by Crippen LogP contribution is 2.54. The minimum absolute atomic E-state index is 0.180. The maximum atomic E-state index is 14.3. The van der Waals surface area contributed by atoms with Gasteiger partial charge in [0.25, 0.3) is 5.91 Å². The summed E-state index contributed by atoms with van der Waals surface area (Å²) in [7, 11) is 0. The van der Waals surface area contributed by atoms with E-state index in [0.29, 0.717) is 23.5 Å². The molecule has 0 saturated carbocycles. The second-order valence-corrected chi connectivity index (χ2v) is 8.52. The summed E-state index contributed by atoms with van der Waals surface area (Å²) in [6, 6.07) is 8.74. The van der Waals surface area contributed by atoms with Gasteiger partial charge in [0.05, 0.1) is 12.2 Å². The van der Waals surface area contributed by atoms with Crippen molar-refractivity contribution in [2.45, 2.75) is 18.3 Å². The van der Waals surface area contributed by atoms with Crippen LogP contribution in [0.4, 0.5) is 19.3 Å². The molecule has 0 bridgehead atoms. The number of rotatable bonds is 4. The number of amides is 3. The van der Waals surface area contributed by atoms with Crippen LogP contribution in [0, 0.1) is 18.6 Å². The Balaban J connectivity index is 1.80. The number of carbonyl (C=O) groups is 2. The summed E-state index contributed by atoms with van der Waals surface area (Å²) < 4.78 is 28.6. The normalized spacial score (nSPS) is 20.0. The number of nitrogens with zero attached hydrogens (tertiary/aromatic N) is 2. The van der Waals surface area contributed by atoms with Gasteiger partial charge in [-0.2, -0.15) is 0 Å². The van der Waals surface area contributed by atoms with Gasteiger partial charge in [-0.05, 0) is 25.1 Å². The lowest BCUT2D eigenvalue weighted by Gasteiger charge is -2.33. The van der Waals surface area contributed by atoms with E-state index in [2.05, 4.69) is 11.9 Å². The van der Waals surface area contributed by atoms with E-state index < -0.39 is 16.5 Å². The van der Waals surface area contributed by atoms with E-state index in [-0.39, 0.29) is 30.6 Å². The second-order valence-electron chi connectivity index (χ2n) is 7.23. The lowest BCUT2D eigenvalue weighted by Crippen LogP contribution is -2.53. The van der Waals surface area contributed by atoms with Gasteiger partial charge >= 0.3 is 6.03 Å². The SMILES string of the molecule is C=CCNC(=O)N1CCSC12C(=O)N(Cc1c(F)cccc1F)c1ccc(C)cc12. The molecule has 1 fully saturated rings. The van der Waals surface area contributed by atoms with Crippen molar-refractivity contribution in [3.63, 3.8) is 0 Å². The molecule has 1 saturated heterocycles. The Morgan fingerprint density at radius 1 is 1.30 bits per heavy atom. The predicted octanol–water partition coefficient (Wildman–Crippen LogP) is 3.92. The summed E-state index contributed by atoms with van der Waals surface area (Å²) in [4.78, 5) is 28.2. The zero-order valence-corrected chi connectivity index (χ0v) is 17.3. The van der Waals surface area contributed by atoms with Gasteiger partial charge < -0.3 is 10.2 Å². The Morgan fingerprint density at radius 2 is 2.03 bits per heavy atom. The van der Waals surface area contributed by atoms with Gasteiger partial charge in [-0.3, -0.25) is 9.69 Å². The number of halogens is 2. The first-order valence-corrected chi connectivity index (χ1v) is 10.5. The average Bonchev–Trinajstić information content (AvgIpc) is 3.26. The summed E-state index contributed by atoms with van der Waals surface area (Å²) in [6.07, 6.45) is 1.57. The summed E-state index contributed by atoms with van der Waals surface area (Å²) >= 11 is 1.36. The number of aryl methyl sites for hydroxylation is 1. The van der Waals surface area contributed by atoms with E-state index in [4.69, 9.17) is 0 Å². The van der Waals surface area contributed by atoms with Crippen LogP contribution >= 0.6 is 11.8 Å². The number of thioether (sulfide) groups is 1. The summed E-state index contributed by atoms with van der Waals surface area (Å²) in [5.41, 5.74) is 1.98. The number of urea groups is 1. The molecule has 1 atom stereocenters. The molecule has 156 valence electrons. The van der Waals surface area contributed by atoms with E-state index >= 15 is 0 Å². The molecule has 2 aromatic rings. The van der Waals surface area contributed by atoms with Crippen LogP contribution < -0.4 is 10.2 Å². The standard InChI is InChI=1S/C22H21F2N3O2S/c1-3-9-25-21(29)27-10-11-30-22(27)16-12-14(2)7-8-19(16)26(20(22)28)13-15-17(23)5-4-6-18(15)24/h3-8,12H,1,9-11,13H2,2H3,(H,25,29). The van der Waals surface area contributed by atoms with Gasteiger partial charge in [0.15, 0.2) is 4.87 Å². The van der Waals surface area contributed by atoms with E-state index in [9.17, 15) is 18.4 Å². The molecular weight excluding hydrogens is 408 g/mol. The number of fused-ring (bicyclic) bond motifs is 2. The molecular formula is C22H21F2N3O2S. The first-order valence-electron chi connectivity index (χ1n) is 9.56. The minimum atomic E-state index is -1.26. The van der Waals surface area contributed by atoms with Crippen LogP contribution in [0.25, 0.3) is 0 Å². The number of hydrogen-bond donors (Lipinski definition) is 1. The van der Waals surface area contributed by atoms with E-state index in [0.717, 1.165) is 5.56 Å². The smallest absolute Gasteiger partial charge is 0.319 e. The topological polar surface area (TPSA) is 52.7 Å². The molecule has 2 aromatic carbocycles. The zero-order valence-electron chi connectivity index (χ0n) is 16.5. The van der Waals surface area contributed by atoms with Gasteiger partial charge in [-0.1, -0.05) is 29.8 Å². The molecule has 30 heavy (non-hydrogen) atoms. The summed E-state index contributed by atoms with van der Waals surface area (Å²) in [6.45, 7) is 5.91. The molecule has 0 aromatic heterocycles. The number of carbonyl (C=O) groups excluding carboxylic acids is 2. The Hall–Kier alpha value is -2.87. The van der Waals surface area contributed by atoms with Gasteiger partial charge in [0.1, 0.15) is 11.6 Å². The Kier molecular flexibility index (Phi) is 5.27. The van der Waals surface area contributed by atoms with E-state index in [1.165, 1.54) is 39.8 Å². The highest BCUT2D eigenvalue weighted by atomic mass is 32.2. The van der Waals surface area contributed by atoms with Crippen molar-refractivity contribution in [1.29, 1.82) is 0 Å². The number of hydrogen-bond acceptors (Lipinski definition) is 3. The average molecular weight is 429 g/mol. The molecule has 1 unspecified atom stereocenters. The van der Waals surface area contributed by atoms with Crippen molar-refractivity contribution in [1.82, 2.24) is 10.2 Å². The predicted molar refractivity (Wildman–Crippen MR) is 113 cm³/mol. The van der Waals surface area contributed by atoms with Crippen molar-refractivity contribution < 1.29 is 18.4 Å². The molecule has 3 amide bonds.